The summed E-state index contributed by atoms with van der Waals surface area (Å²) < 4.78 is 0. The summed E-state index contributed by atoms with van der Waals surface area (Å²) in [5.41, 5.74) is 3.12. The molecule has 0 aliphatic carbocycles. The van der Waals surface area contributed by atoms with E-state index < -0.39 is 5.41 Å². The fraction of sp³-hybridized carbons (Fsp3) is 0.344. The molecule has 1 N–H and O–H groups in total. The van der Waals surface area contributed by atoms with Crippen LogP contribution in [0, 0.1) is 11.3 Å². The Labute approximate surface area is 230 Å². The molecule has 0 bridgehead atoms. The lowest BCUT2D eigenvalue weighted by Gasteiger charge is -2.44. The van der Waals surface area contributed by atoms with Gasteiger partial charge < -0.3 is 20.0 Å². The molecule has 2 aliphatic rings. The van der Waals surface area contributed by atoms with Crippen LogP contribution in [0.5, 0.6) is 0 Å². The van der Waals surface area contributed by atoms with Gasteiger partial charge in [-0.15, -0.1) is 0 Å². The molecular formula is C32H35N5O2. The summed E-state index contributed by atoms with van der Waals surface area (Å²) in [5, 5.41) is 12.3. The zero-order valence-corrected chi connectivity index (χ0v) is 22.4. The van der Waals surface area contributed by atoms with Crippen molar-refractivity contribution >= 4 is 17.6 Å². The Morgan fingerprint density at radius 3 is 1.95 bits per heavy atom. The Bertz CT molecular complexity index is 1300. The maximum absolute atomic E-state index is 13.8. The van der Waals surface area contributed by atoms with E-state index in [1.807, 2.05) is 102 Å². The number of nitriles is 1. The summed E-state index contributed by atoms with van der Waals surface area (Å²) in [7, 11) is 0. The molecule has 0 spiro atoms. The molecule has 7 heteroatoms. The lowest BCUT2D eigenvalue weighted by molar-refractivity contribution is -0.129. The quantitative estimate of drug-likeness (QED) is 0.527. The monoisotopic (exact) mass is 521 g/mol. The number of urea groups is 1. The summed E-state index contributed by atoms with van der Waals surface area (Å²) in [4.78, 5) is 33.4. The highest BCUT2D eigenvalue weighted by Gasteiger charge is 2.44. The van der Waals surface area contributed by atoms with Crippen LogP contribution in [0.3, 0.4) is 0 Å². The number of piperazine rings is 1. The van der Waals surface area contributed by atoms with E-state index in [1.54, 1.807) is 0 Å². The minimum atomic E-state index is -0.671. The third-order valence-electron chi connectivity index (χ3n) is 8.21. The first kappa shape index (κ1) is 26.3. The van der Waals surface area contributed by atoms with Gasteiger partial charge >= 0.3 is 6.03 Å². The molecule has 0 radical (unpaired) electrons. The molecule has 39 heavy (non-hydrogen) atoms. The predicted molar refractivity (Wildman–Crippen MR) is 152 cm³/mol. The summed E-state index contributed by atoms with van der Waals surface area (Å²) in [5.74, 6) is 0.0215. The molecule has 2 heterocycles. The van der Waals surface area contributed by atoms with Gasteiger partial charge in [-0.2, -0.15) is 5.26 Å². The number of hydrogen-bond donors (Lipinski definition) is 1. The van der Waals surface area contributed by atoms with Crippen molar-refractivity contribution in [2.45, 2.75) is 31.2 Å². The highest BCUT2D eigenvalue weighted by Crippen LogP contribution is 2.37. The van der Waals surface area contributed by atoms with E-state index in [0.717, 1.165) is 29.9 Å². The summed E-state index contributed by atoms with van der Waals surface area (Å²) in [6.07, 6.45) is 1.17. The average molecular weight is 522 g/mol. The first-order chi connectivity index (χ1) is 19.0. The Hall–Kier alpha value is -4.31. The van der Waals surface area contributed by atoms with Crippen LogP contribution in [0.2, 0.25) is 0 Å². The maximum atomic E-state index is 13.8. The first-order valence-electron chi connectivity index (χ1n) is 13.7. The normalized spacial score (nSPS) is 17.7. The molecule has 3 aromatic carbocycles. The van der Waals surface area contributed by atoms with Crippen molar-refractivity contribution < 1.29 is 9.59 Å². The molecular weight excluding hydrogens is 486 g/mol. The Kier molecular flexibility index (Phi) is 7.83. The second-order valence-corrected chi connectivity index (χ2v) is 10.5. The number of amides is 3. The minimum Gasteiger partial charge on any atom is -0.368 e. The van der Waals surface area contributed by atoms with Crippen LogP contribution in [0.15, 0.2) is 84.9 Å². The number of carbonyl (C=O) groups is 2. The topological polar surface area (TPSA) is 79.7 Å². The van der Waals surface area contributed by atoms with Gasteiger partial charge in [-0.25, -0.2) is 4.79 Å². The average Bonchev–Trinajstić information content (AvgIpc) is 3.01. The van der Waals surface area contributed by atoms with Crippen LogP contribution in [0.1, 0.15) is 42.5 Å². The van der Waals surface area contributed by atoms with E-state index in [9.17, 15) is 9.59 Å². The number of anilines is 1. The van der Waals surface area contributed by atoms with Gasteiger partial charge in [0.05, 0.1) is 23.1 Å². The largest absolute Gasteiger partial charge is 0.368 e. The summed E-state index contributed by atoms with van der Waals surface area (Å²) in [6, 6.07) is 29.7. The van der Waals surface area contributed by atoms with E-state index in [1.165, 1.54) is 0 Å². The molecule has 200 valence electrons. The predicted octanol–water partition coefficient (Wildman–Crippen LogP) is 4.71. The fourth-order valence-electron chi connectivity index (χ4n) is 5.75. The van der Waals surface area contributed by atoms with Gasteiger partial charge in [0.25, 0.3) is 0 Å². The SMILES string of the molecule is C[C@H](NC(=O)C1(c2ccccc2)CCN(C(=O)N2CCN(c3ccc(C#N)cc3)CC2)CC1)c1ccccc1. The highest BCUT2D eigenvalue weighted by molar-refractivity contribution is 5.89. The zero-order valence-electron chi connectivity index (χ0n) is 22.4. The second-order valence-electron chi connectivity index (χ2n) is 10.5. The van der Waals surface area contributed by atoms with Crippen molar-refractivity contribution in [3.05, 3.63) is 102 Å². The van der Waals surface area contributed by atoms with Crippen molar-refractivity contribution in [3.8, 4) is 6.07 Å². The number of likely N-dealkylation sites (tertiary alicyclic amines) is 1. The molecule has 3 aromatic rings. The van der Waals surface area contributed by atoms with Gasteiger partial charge in [0.15, 0.2) is 0 Å². The summed E-state index contributed by atoms with van der Waals surface area (Å²) in [6.45, 7) is 5.89. The van der Waals surface area contributed by atoms with Crippen molar-refractivity contribution in [2.75, 3.05) is 44.2 Å². The number of nitrogens with zero attached hydrogens (tertiary/aromatic N) is 4. The van der Waals surface area contributed by atoms with Crippen LogP contribution in [0.25, 0.3) is 0 Å². The zero-order chi connectivity index (χ0) is 27.2. The van der Waals surface area contributed by atoms with Gasteiger partial charge in [-0.05, 0) is 55.2 Å². The number of rotatable bonds is 5. The van der Waals surface area contributed by atoms with Crippen LogP contribution in [-0.4, -0.2) is 61.0 Å². The smallest absolute Gasteiger partial charge is 0.320 e. The van der Waals surface area contributed by atoms with Crippen LogP contribution in [-0.2, 0) is 10.2 Å². The molecule has 2 aliphatic heterocycles. The molecule has 7 nitrogen and oxygen atoms in total. The lowest BCUT2D eigenvalue weighted by atomic mass is 9.71. The first-order valence-corrected chi connectivity index (χ1v) is 13.7. The van der Waals surface area contributed by atoms with Crippen molar-refractivity contribution in [2.24, 2.45) is 0 Å². The molecule has 5 rings (SSSR count). The van der Waals surface area contributed by atoms with Crippen molar-refractivity contribution in [3.63, 3.8) is 0 Å². The number of piperidine rings is 1. The van der Waals surface area contributed by atoms with Crippen LogP contribution in [0.4, 0.5) is 10.5 Å². The van der Waals surface area contributed by atoms with Crippen LogP contribution < -0.4 is 10.2 Å². The van der Waals surface area contributed by atoms with E-state index in [-0.39, 0.29) is 18.0 Å². The van der Waals surface area contributed by atoms with E-state index in [4.69, 9.17) is 5.26 Å². The highest BCUT2D eigenvalue weighted by atomic mass is 16.2. The third-order valence-corrected chi connectivity index (χ3v) is 8.21. The molecule has 0 saturated carbocycles. The van der Waals surface area contributed by atoms with Gasteiger partial charge in [-0.3, -0.25) is 4.79 Å². The Balaban J connectivity index is 1.23. The Morgan fingerprint density at radius 2 is 1.36 bits per heavy atom. The fourth-order valence-corrected chi connectivity index (χ4v) is 5.75. The number of carbonyl (C=O) groups excluding carboxylic acids is 2. The lowest BCUT2D eigenvalue weighted by Crippen LogP contribution is -2.57. The number of benzene rings is 3. The van der Waals surface area contributed by atoms with Crippen molar-refractivity contribution in [1.82, 2.24) is 15.1 Å². The van der Waals surface area contributed by atoms with E-state index in [2.05, 4.69) is 16.3 Å². The standard InChI is InChI=1S/C32H35N5O2/c1-25(27-8-4-2-5-9-27)34-30(38)32(28-10-6-3-7-11-28)16-18-36(19-17-32)31(39)37-22-20-35(21-23-37)29-14-12-26(24-33)13-15-29/h2-15,25H,16-23H2,1H3,(H,34,38)/t25-/m0/s1. The van der Waals surface area contributed by atoms with Gasteiger partial charge in [-0.1, -0.05) is 60.7 Å². The van der Waals surface area contributed by atoms with E-state index in [0.29, 0.717) is 44.6 Å². The van der Waals surface area contributed by atoms with Gasteiger partial charge in [0.2, 0.25) is 5.91 Å². The van der Waals surface area contributed by atoms with Gasteiger partial charge in [0, 0.05) is 45.0 Å². The molecule has 3 amide bonds. The van der Waals surface area contributed by atoms with Gasteiger partial charge in [0.1, 0.15) is 0 Å². The molecule has 1 atom stereocenters. The summed E-state index contributed by atoms with van der Waals surface area (Å²) >= 11 is 0. The number of nitrogens with one attached hydrogen (secondary N) is 1. The molecule has 2 fully saturated rings. The second kappa shape index (κ2) is 11.6. The minimum absolute atomic E-state index is 0.0215. The maximum Gasteiger partial charge on any atom is 0.320 e. The molecule has 0 aromatic heterocycles. The molecule has 0 unspecified atom stereocenters. The number of hydrogen-bond acceptors (Lipinski definition) is 4. The molecule has 2 saturated heterocycles. The van der Waals surface area contributed by atoms with Crippen molar-refractivity contribution in [1.29, 1.82) is 5.26 Å². The van der Waals surface area contributed by atoms with Crippen LogP contribution >= 0.6 is 0 Å². The Morgan fingerprint density at radius 1 is 0.795 bits per heavy atom. The third kappa shape index (κ3) is 5.61. The van der Waals surface area contributed by atoms with E-state index >= 15 is 0 Å².